The maximum absolute atomic E-state index is 10.8. The van der Waals surface area contributed by atoms with Crippen LogP contribution >= 0.6 is 15.9 Å². The molecule has 4 rings (SSSR count). The number of aliphatic hydroxyl groups excluding tert-OH is 1. The monoisotopic (exact) mass is 428 g/mol. The van der Waals surface area contributed by atoms with Crippen molar-refractivity contribution in [2.24, 2.45) is 0 Å². The Morgan fingerprint density at radius 3 is 2.30 bits per heavy atom. The van der Waals surface area contributed by atoms with Gasteiger partial charge in [-0.05, 0) is 55.5 Å². The Balaban J connectivity index is 1.30. The van der Waals surface area contributed by atoms with Crippen LogP contribution in [0.1, 0.15) is 36.3 Å². The fourth-order valence-corrected chi connectivity index (χ4v) is 5.12. The predicted octanol–water partition coefficient (Wildman–Crippen LogP) is 4.26. The first-order chi connectivity index (χ1) is 13.2. The van der Waals surface area contributed by atoms with Crippen molar-refractivity contribution in [3.8, 4) is 0 Å². The number of likely N-dealkylation sites (tertiary alicyclic amines) is 2. The molecule has 2 aliphatic heterocycles. The molecule has 0 saturated carbocycles. The fraction of sp³-hybridized carbons (Fsp3) is 0.478. The van der Waals surface area contributed by atoms with E-state index in [1.165, 1.54) is 24.0 Å². The molecular formula is C23H29BrN2O. The summed E-state index contributed by atoms with van der Waals surface area (Å²) < 4.78 is 1.16. The Morgan fingerprint density at radius 1 is 0.889 bits per heavy atom. The molecule has 1 N–H and O–H groups in total. The van der Waals surface area contributed by atoms with Gasteiger partial charge in [-0.3, -0.25) is 9.80 Å². The minimum atomic E-state index is -0.255. The van der Waals surface area contributed by atoms with E-state index in [9.17, 15) is 5.11 Å². The molecule has 0 amide bonds. The van der Waals surface area contributed by atoms with Crippen LogP contribution in [0.3, 0.4) is 0 Å². The van der Waals surface area contributed by atoms with Gasteiger partial charge in [0.1, 0.15) is 0 Å². The van der Waals surface area contributed by atoms with Crippen molar-refractivity contribution in [2.75, 3.05) is 26.2 Å². The summed E-state index contributed by atoms with van der Waals surface area (Å²) >= 11 is 3.64. The van der Waals surface area contributed by atoms with Gasteiger partial charge in [0.2, 0.25) is 0 Å². The highest BCUT2D eigenvalue weighted by Crippen LogP contribution is 2.31. The van der Waals surface area contributed by atoms with Crippen LogP contribution in [0.15, 0.2) is 59.1 Å². The number of hydrogen-bond donors (Lipinski definition) is 1. The number of aliphatic hydroxyl groups is 1. The Hall–Kier alpha value is -1.20. The standard InChI is InChI=1S/C23H29BrN2O/c24-21-9-5-4-8-20(21)16-25-13-12-22(23(27)17-25)26-14-10-19(11-15-26)18-6-2-1-3-7-18/h1-9,19,22-23,27H,10-17H2/t22-,23+/m1/s1. The van der Waals surface area contributed by atoms with Crippen LogP contribution in [-0.2, 0) is 6.54 Å². The fourth-order valence-electron chi connectivity index (χ4n) is 4.71. The van der Waals surface area contributed by atoms with Crippen molar-refractivity contribution < 1.29 is 5.11 Å². The molecule has 2 fully saturated rings. The van der Waals surface area contributed by atoms with E-state index in [-0.39, 0.29) is 6.10 Å². The van der Waals surface area contributed by atoms with Gasteiger partial charge in [0.15, 0.2) is 0 Å². The van der Waals surface area contributed by atoms with Crippen LogP contribution < -0.4 is 0 Å². The topological polar surface area (TPSA) is 26.7 Å². The maximum atomic E-state index is 10.8. The average molecular weight is 429 g/mol. The smallest absolute Gasteiger partial charge is 0.0822 e. The highest BCUT2D eigenvalue weighted by atomic mass is 79.9. The van der Waals surface area contributed by atoms with Crippen molar-refractivity contribution >= 4 is 15.9 Å². The molecule has 2 aromatic rings. The summed E-state index contributed by atoms with van der Waals surface area (Å²) in [6.07, 6.45) is 3.21. The van der Waals surface area contributed by atoms with E-state index in [2.05, 4.69) is 74.3 Å². The van der Waals surface area contributed by atoms with Gasteiger partial charge in [0.05, 0.1) is 6.10 Å². The van der Waals surface area contributed by atoms with Crippen LogP contribution in [0.2, 0.25) is 0 Å². The summed E-state index contributed by atoms with van der Waals surface area (Å²) in [5.41, 5.74) is 2.77. The van der Waals surface area contributed by atoms with Crippen LogP contribution in [-0.4, -0.2) is 53.2 Å². The minimum absolute atomic E-state index is 0.255. The quantitative estimate of drug-likeness (QED) is 0.787. The molecule has 2 aromatic carbocycles. The zero-order chi connectivity index (χ0) is 18.6. The SMILES string of the molecule is O[C@H]1CN(Cc2ccccc2Br)CC[C@H]1N1CCC(c2ccccc2)CC1. The molecule has 2 saturated heterocycles. The van der Waals surface area contributed by atoms with Crippen LogP contribution in [0.25, 0.3) is 0 Å². The highest BCUT2D eigenvalue weighted by Gasteiger charge is 2.34. The van der Waals surface area contributed by atoms with Crippen LogP contribution in [0.4, 0.5) is 0 Å². The molecule has 2 atom stereocenters. The summed E-state index contributed by atoms with van der Waals surface area (Å²) in [7, 11) is 0. The Morgan fingerprint density at radius 2 is 1.59 bits per heavy atom. The van der Waals surface area contributed by atoms with E-state index >= 15 is 0 Å². The summed E-state index contributed by atoms with van der Waals surface area (Å²) in [4.78, 5) is 4.93. The molecule has 0 aliphatic carbocycles. The second kappa shape index (κ2) is 8.87. The number of benzene rings is 2. The molecule has 3 nitrogen and oxygen atoms in total. The van der Waals surface area contributed by atoms with Gasteiger partial charge in [-0.25, -0.2) is 0 Å². The van der Waals surface area contributed by atoms with Crippen LogP contribution in [0.5, 0.6) is 0 Å². The van der Waals surface area contributed by atoms with Gasteiger partial charge in [-0.1, -0.05) is 64.5 Å². The maximum Gasteiger partial charge on any atom is 0.0822 e. The van der Waals surface area contributed by atoms with Crippen molar-refractivity contribution in [3.63, 3.8) is 0 Å². The molecular weight excluding hydrogens is 400 g/mol. The molecule has 2 aliphatic rings. The predicted molar refractivity (Wildman–Crippen MR) is 114 cm³/mol. The van der Waals surface area contributed by atoms with E-state index in [4.69, 9.17) is 0 Å². The first kappa shape index (κ1) is 19.1. The average Bonchev–Trinajstić information content (AvgIpc) is 2.71. The second-order valence-corrected chi connectivity index (χ2v) is 8.83. The molecule has 4 heteroatoms. The number of nitrogens with zero attached hydrogens (tertiary/aromatic N) is 2. The van der Waals surface area contributed by atoms with Gasteiger partial charge >= 0.3 is 0 Å². The molecule has 2 heterocycles. The van der Waals surface area contributed by atoms with E-state index in [0.29, 0.717) is 12.0 Å². The molecule has 0 bridgehead atoms. The van der Waals surface area contributed by atoms with Crippen molar-refractivity contribution in [1.29, 1.82) is 0 Å². The minimum Gasteiger partial charge on any atom is -0.390 e. The van der Waals surface area contributed by atoms with Crippen LogP contribution in [0, 0.1) is 0 Å². The first-order valence-electron chi connectivity index (χ1n) is 10.1. The van der Waals surface area contributed by atoms with Gasteiger partial charge in [0.25, 0.3) is 0 Å². The van der Waals surface area contributed by atoms with E-state index in [1.54, 1.807) is 0 Å². The van der Waals surface area contributed by atoms with E-state index in [1.807, 2.05) is 6.07 Å². The van der Waals surface area contributed by atoms with Crippen molar-refractivity contribution in [2.45, 2.75) is 43.9 Å². The summed E-state index contributed by atoms with van der Waals surface area (Å²) in [6.45, 7) is 4.94. The lowest BCUT2D eigenvalue weighted by molar-refractivity contribution is -0.0231. The van der Waals surface area contributed by atoms with Gasteiger partial charge in [-0.15, -0.1) is 0 Å². The summed E-state index contributed by atoms with van der Waals surface area (Å²) in [5.74, 6) is 0.676. The lowest BCUT2D eigenvalue weighted by atomic mass is 9.87. The largest absolute Gasteiger partial charge is 0.390 e. The molecule has 0 unspecified atom stereocenters. The lowest BCUT2D eigenvalue weighted by Gasteiger charge is -2.44. The number of piperidine rings is 2. The van der Waals surface area contributed by atoms with E-state index < -0.39 is 0 Å². The normalized spacial score (nSPS) is 25.6. The molecule has 0 aromatic heterocycles. The molecule has 144 valence electrons. The lowest BCUT2D eigenvalue weighted by Crippen LogP contribution is -2.55. The van der Waals surface area contributed by atoms with Gasteiger partial charge in [0, 0.05) is 30.1 Å². The molecule has 0 spiro atoms. The first-order valence-corrected chi connectivity index (χ1v) is 10.9. The molecule has 27 heavy (non-hydrogen) atoms. The number of halogens is 1. The Kier molecular flexibility index (Phi) is 6.28. The van der Waals surface area contributed by atoms with Gasteiger partial charge in [-0.2, -0.15) is 0 Å². The third kappa shape index (κ3) is 4.62. The summed E-state index contributed by atoms with van der Waals surface area (Å²) in [6, 6.07) is 19.6. The van der Waals surface area contributed by atoms with Crippen molar-refractivity contribution in [1.82, 2.24) is 9.80 Å². The van der Waals surface area contributed by atoms with E-state index in [0.717, 1.165) is 43.6 Å². The Bertz CT molecular complexity index is 730. The third-order valence-electron chi connectivity index (χ3n) is 6.25. The third-order valence-corrected chi connectivity index (χ3v) is 7.03. The zero-order valence-electron chi connectivity index (χ0n) is 15.8. The van der Waals surface area contributed by atoms with Gasteiger partial charge < -0.3 is 5.11 Å². The summed E-state index contributed by atoms with van der Waals surface area (Å²) in [5, 5.41) is 10.8. The number of rotatable bonds is 4. The zero-order valence-corrected chi connectivity index (χ0v) is 17.4. The number of hydrogen-bond acceptors (Lipinski definition) is 3. The molecule has 0 radical (unpaired) electrons. The second-order valence-electron chi connectivity index (χ2n) is 7.97. The Labute approximate surface area is 171 Å². The van der Waals surface area contributed by atoms with Crippen molar-refractivity contribution in [3.05, 3.63) is 70.2 Å². The number of β-amino-alcohol motifs (C(OH)–C–C–N with tert-alkyl or cyclic N) is 1. The highest BCUT2D eigenvalue weighted by molar-refractivity contribution is 9.10.